The van der Waals surface area contributed by atoms with E-state index in [9.17, 15) is 9.59 Å². The highest BCUT2D eigenvalue weighted by molar-refractivity contribution is 5.75. The number of hydrogen-bond acceptors (Lipinski definition) is 3. The van der Waals surface area contributed by atoms with E-state index >= 15 is 0 Å². The van der Waals surface area contributed by atoms with Crippen LogP contribution in [0.3, 0.4) is 0 Å². The monoisotopic (exact) mass is 256 g/mol. The molecular formula is C13H24N2O3. The molecule has 18 heavy (non-hydrogen) atoms. The smallest absolute Gasteiger partial charge is 0.314 e. The lowest BCUT2D eigenvalue weighted by Gasteiger charge is -2.21. The Labute approximate surface area is 109 Å². The maximum Gasteiger partial charge on any atom is 0.314 e. The summed E-state index contributed by atoms with van der Waals surface area (Å²) in [4.78, 5) is 22.5. The van der Waals surface area contributed by atoms with Gasteiger partial charge in [0, 0.05) is 13.1 Å². The Morgan fingerprint density at radius 3 is 2.56 bits per heavy atom. The van der Waals surface area contributed by atoms with Gasteiger partial charge < -0.3 is 15.4 Å². The van der Waals surface area contributed by atoms with Gasteiger partial charge in [0.2, 0.25) is 0 Å². The molecule has 0 aromatic carbocycles. The molecule has 0 bridgehead atoms. The van der Waals surface area contributed by atoms with Crippen molar-refractivity contribution in [2.75, 3.05) is 19.7 Å². The Bertz CT molecular complexity index is 263. The van der Waals surface area contributed by atoms with Crippen LogP contribution in [-0.4, -0.2) is 31.7 Å². The number of nitrogens with one attached hydrogen (secondary N) is 2. The molecule has 1 aliphatic carbocycles. The van der Waals surface area contributed by atoms with Crippen molar-refractivity contribution in [2.24, 2.45) is 5.92 Å². The van der Waals surface area contributed by atoms with Crippen molar-refractivity contribution in [2.45, 2.75) is 45.4 Å². The first kappa shape index (κ1) is 14.8. The van der Waals surface area contributed by atoms with Gasteiger partial charge in [0.05, 0.1) is 13.0 Å². The van der Waals surface area contributed by atoms with Crippen LogP contribution in [-0.2, 0) is 9.53 Å². The van der Waals surface area contributed by atoms with Crippen LogP contribution < -0.4 is 10.6 Å². The van der Waals surface area contributed by atoms with E-state index in [4.69, 9.17) is 4.74 Å². The molecule has 0 aliphatic heterocycles. The van der Waals surface area contributed by atoms with E-state index in [1.54, 1.807) is 6.92 Å². The quantitative estimate of drug-likeness (QED) is 0.712. The third-order valence-corrected chi connectivity index (χ3v) is 3.20. The van der Waals surface area contributed by atoms with Gasteiger partial charge >= 0.3 is 12.0 Å². The summed E-state index contributed by atoms with van der Waals surface area (Å²) in [5, 5.41) is 5.52. The number of esters is 1. The molecule has 0 unspecified atom stereocenters. The molecule has 0 radical (unpaired) electrons. The van der Waals surface area contributed by atoms with Crippen molar-refractivity contribution in [3.8, 4) is 0 Å². The lowest BCUT2D eigenvalue weighted by atomic mass is 9.89. The van der Waals surface area contributed by atoms with Crippen LogP contribution in [0, 0.1) is 5.92 Å². The van der Waals surface area contributed by atoms with E-state index in [2.05, 4.69) is 10.6 Å². The summed E-state index contributed by atoms with van der Waals surface area (Å²) in [6.07, 6.45) is 6.52. The van der Waals surface area contributed by atoms with Gasteiger partial charge in [-0.25, -0.2) is 4.79 Å². The molecule has 0 atom stereocenters. The largest absolute Gasteiger partial charge is 0.466 e. The van der Waals surface area contributed by atoms with Gasteiger partial charge in [-0.1, -0.05) is 19.3 Å². The lowest BCUT2D eigenvalue weighted by molar-refractivity contribution is -0.142. The first-order valence-corrected chi connectivity index (χ1v) is 6.89. The third kappa shape index (κ3) is 6.47. The third-order valence-electron chi connectivity index (χ3n) is 3.20. The Balaban J connectivity index is 2.01. The van der Waals surface area contributed by atoms with Gasteiger partial charge in [0.1, 0.15) is 0 Å². The molecule has 2 amide bonds. The Kier molecular flexibility index (Phi) is 7.22. The summed E-state index contributed by atoms with van der Waals surface area (Å²) in [6, 6.07) is -0.190. The van der Waals surface area contributed by atoms with E-state index in [-0.39, 0.29) is 18.4 Å². The van der Waals surface area contributed by atoms with E-state index in [0.717, 1.165) is 6.54 Å². The molecule has 5 heteroatoms. The normalized spacial score (nSPS) is 16.1. The molecule has 2 N–H and O–H groups in total. The van der Waals surface area contributed by atoms with Gasteiger partial charge in [-0.15, -0.1) is 0 Å². The second kappa shape index (κ2) is 8.78. The van der Waals surface area contributed by atoms with Gasteiger partial charge in [0.25, 0.3) is 0 Å². The summed E-state index contributed by atoms with van der Waals surface area (Å²) in [5.41, 5.74) is 0. The maximum absolute atomic E-state index is 11.5. The Morgan fingerprint density at radius 2 is 1.89 bits per heavy atom. The molecule has 0 heterocycles. The molecule has 0 aromatic heterocycles. The lowest BCUT2D eigenvalue weighted by Crippen LogP contribution is -2.39. The van der Waals surface area contributed by atoms with Crippen LogP contribution in [0.5, 0.6) is 0 Å². The SMILES string of the molecule is CCOC(=O)CCNC(=O)NCC1CCCCC1. The van der Waals surface area contributed by atoms with Crippen LogP contribution >= 0.6 is 0 Å². The number of carbonyl (C=O) groups excluding carboxylic acids is 2. The van der Waals surface area contributed by atoms with E-state index in [1.165, 1.54) is 32.1 Å². The number of carbonyl (C=O) groups is 2. The zero-order valence-electron chi connectivity index (χ0n) is 11.2. The van der Waals surface area contributed by atoms with Crippen LogP contribution in [0.15, 0.2) is 0 Å². The predicted octanol–water partition coefficient (Wildman–Crippen LogP) is 1.82. The molecule has 0 aromatic rings. The number of hydrogen-bond donors (Lipinski definition) is 2. The predicted molar refractivity (Wildman–Crippen MR) is 69.2 cm³/mol. The number of rotatable bonds is 6. The first-order chi connectivity index (χ1) is 8.72. The van der Waals surface area contributed by atoms with Crippen molar-refractivity contribution in [3.63, 3.8) is 0 Å². The molecule has 104 valence electrons. The molecule has 5 nitrogen and oxygen atoms in total. The van der Waals surface area contributed by atoms with Crippen LogP contribution in [0.25, 0.3) is 0 Å². The molecule has 1 rings (SSSR count). The summed E-state index contributed by atoms with van der Waals surface area (Å²) < 4.78 is 4.77. The number of urea groups is 1. The fourth-order valence-electron chi connectivity index (χ4n) is 2.20. The minimum atomic E-state index is -0.273. The van der Waals surface area contributed by atoms with E-state index in [0.29, 0.717) is 19.1 Å². The highest BCUT2D eigenvalue weighted by Crippen LogP contribution is 2.22. The average molecular weight is 256 g/mol. The fraction of sp³-hybridized carbons (Fsp3) is 0.846. The van der Waals surface area contributed by atoms with Crippen molar-refractivity contribution in [3.05, 3.63) is 0 Å². The standard InChI is InChI=1S/C13H24N2O3/c1-2-18-12(16)8-9-14-13(17)15-10-11-6-4-3-5-7-11/h11H,2-10H2,1H3,(H2,14,15,17). The minimum absolute atomic E-state index is 0.190. The molecule has 0 spiro atoms. The van der Waals surface area contributed by atoms with Crippen molar-refractivity contribution >= 4 is 12.0 Å². The summed E-state index contributed by atoms with van der Waals surface area (Å²) in [7, 11) is 0. The summed E-state index contributed by atoms with van der Waals surface area (Å²) >= 11 is 0. The average Bonchev–Trinajstić information content (AvgIpc) is 2.38. The first-order valence-electron chi connectivity index (χ1n) is 6.89. The minimum Gasteiger partial charge on any atom is -0.466 e. The summed E-state index contributed by atoms with van der Waals surface area (Å²) in [6.45, 7) is 3.22. The number of amides is 2. The molecule has 0 saturated heterocycles. The van der Waals surface area contributed by atoms with Crippen molar-refractivity contribution < 1.29 is 14.3 Å². The molecular weight excluding hydrogens is 232 g/mol. The van der Waals surface area contributed by atoms with Gasteiger partial charge in [-0.3, -0.25) is 4.79 Å². The summed E-state index contributed by atoms with van der Waals surface area (Å²) in [5.74, 6) is 0.347. The van der Waals surface area contributed by atoms with E-state index in [1.807, 2.05) is 0 Å². The Morgan fingerprint density at radius 1 is 1.17 bits per heavy atom. The Hall–Kier alpha value is -1.26. The zero-order chi connectivity index (χ0) is 13.2. The van der Waals surface area contributed by atoms with Crippen LogP contribution in [0.4, 0.5) is 4.79 Å². The molecule has 1 aliphatic rings. The van der Waals surface area contributed by atoms with Gasteiger partial charge in [0.15, 0.2) is 0 Å². The van der Waals surface area contributed by atoms with Gasteiger partial charge in [-0.05, 0) is 25.7 Å². The van der Waals surface area contributed by atoms with Crippen molar-refractivity contribution in [1.82, 2.24) is 10.6 Å². The molecule has 1 saturated carbocycles. The highest BCUT2D eigenvalue weighted by atomic mass is 16.5. The van der Waals surface area contributed by atoms with Crippen LogP contribution in [0.1, 0.15) is 45.4 Å². The second-order valence-corrected chi connectivity index (χ2v) is 4.70. The molecule has 1 fully saturated rings. The van der Waals surface area contributed by atoms with Crippen molar-refractivity contribution in [1.29, 1.82) is 0 Å². The zero-order valence-corrected chi connectivity index (χ0v) is 11.2. The van der Waals surface area contributed by atoms with E-state index < -0.39 is 0 Å². The van der Waals surface area contributed by atoms with Gasteiger partial charge in [-0.2, -0.15) is 0 Å². The number of ether oxygens (including phenoxy) is 1. The van der Waals surface area contributed by atoms with Crippen LogP contribution in [0.2, 0.25) is 0 Å². The second-order valence-electron chi connectivity index (χ2n) is 4.70. The topological polar surface area (TPSA) is 67.4 Å². The maximum atomic E-state index is 11.5. The fourth-order valence-corrected chi connectivity index (χ4v) is 2.20. The highest BCUT2D eigenvalue weighted by Gasteiger charge is 2.14.